The monoisotopic (exact) mass is 370 g/mol. The third-order valence-corrected chi connectivity index (χ3v) is 5.01. The number of ether oxygens (including phenoxy) is 1. The van der Waals surface area contributed by atoms with E-state index < -0.39 is 0 Å². The maximum atomic E-state index is 13.1. The molecule has 0 saturated carbocycles. The number of benzene rings is 1. The number of pyridine rings is 1. The molecular formula is C18H15FN4O2S. The van der Waals surface area contributed by atoms with Crippen LogP contribution in [0.15, 0.2) is 34.7 Å². The van der Waals surface area contributed by atoms with Crippen LogP contribution in [0.5, 0.6) is 0 Å². The third kappa shape index (κ3) is 2.83. The first-order chi connectivity index (χ1) is 12.6. The average Bonchev–Trinajstić information content (AvgIpc) is 3.21. The summed E-state index contributed by atoms with van der Waals surface area (Å²) in [4.78, 5) is 6.01. The topological polar surface area (TPSA) is 87.1 Å². The van der Waals surface area contributed by atoms with E-state index in [4.69, 9.17) is 14.9 Å². The standard InChI is InChI=1S/C18H15FN4O2S/c1-9-7-11(8-24-2)13-14(20)15(26-18(13)21-9)17-23-22-16(25-17)10-3-5-12(19)6-4-10/h3-7H,8,20H2,1-2H3. The van der Waals surface area contributed by atoms with Crippen molar-refractivity contribution < 1.29 is 13.5 Å². The highest BCUT2D eigenvalue weighted by Gasteiger charge is 2.21. The fraction of sp³-hybridized carbons (Fsp3) is 0.167. The van der Waals surface area contributed by atoms with E-state index in [9.17, 15) is 4.39 Å². The lowest BCUT2D eigenvalue weighted by Crippen LogP contribution is -1.94. The predicted molar refractivity (Wildman–Crippen MR) is 98.2 cm³/mol. The van der Waals surface area contributed by atoms with E-state index in [0.29, 0.717) is 34.5 Å². The molecule has 0 spiro atoms. The molecule has 0 aliphatic heterocycles. The fourth-order valence-electron chi connectivity index (χ4n) is 2.79. The minimum Gasteiger partial charge on any atom is -0.415 e. The van der Waals surface area contributed by atoms with Crippen LogP contribution in [-0.2, 0) is 11.3 Å². The highest BCUT2D eigenvalue weighted by atomic mass is 32.1. The van der Waals surface area contributed by atoms with Crippen molar-refractivity contribution in [1.82, 2.24) is 15.2 Å². The molecule has 0 radical (unpaired) electrons. The highest BCUT2D eigenvalue weighted by molar-refractivity contribution is 7.22. The van der Waals surface area contributed by atoms with Gasteiger partial charge >= 0.3 is 0 Å². The number of rotatable bonds is 4. The Balaban J connectivity index is 1.81. The molecule has 4 rings (SSSR count). The molecular weight excluding hydrogens is 355 g/mol. The smallest absolute Gasteiger partial charge is 0.260 e. The van der Waals surface area contributed by atoms with E-state index in [-0.39, 0.29) is 5.82 Å². The number of methoxy groups -OCH3 is 1. The van der Waals surface area contributed by atoms with Crippen LogP contribution in [0.4, 0.5) is 10.1 Å². The molecule has 8 heteroatoms. The lowest BCUT2D eigenvalue weighted by molar-refractivity contribution is 0.186. The van der Waals surface area contributed by atoms with Gasteiger partial charge < -0.3 is 14.9 Å². The molecule has 0 unspecified atom stereocenters. The van der Waals surface area contributed by atoms with Crippen molar-refractivity contribution in [2.45, 2.75) is 13.5 Å². The summed E-state index contributed by atoms with van der Waals surface area (Å²) < 4.78 is 24.1. The SMILES string of the molecule is COCc1cc(C)nc2sc(-c3nnc(-c4ccc(F)cc4)o3)c(N)c12. The summed E-state index contributed by atoms with van der Waals surface area (Å²) in [7, 11) is 1.64. The van der Waals surface area contributed by atoms with Gasteiger partial charge in [0.2, 0.25) is 5.89 Å². The van der Waals surface area contributed by atoms with Crippen LogP contribution < -0.4 is 5.73 Å². The number of aryl methyl sites for hydroxylation is 1. The first-order valence-electron chi connectivity index (χ1n) is 7.84. The number of aromatic nitrogens is 3. The quantitative estimate of drug-likeness (QED) is 0.580. The van der Waals surface area contributed by atoms with Gasteiger partial charge in [0, 0.05) is 23.8 Å². The van der Waals surface area contributed by atoms with E-state index >= 15 is 0 Å². The maximum Gasteiger partial charge on any atom is 0.260 e. The van der Waals surface area contributed by atoms with Crippen molar-refractivity contribution in [3.8, 4) is 22.2 Å². The molecule has 0 aliphatic carbocycles. The van der Waals surface area contributed by atoms with Gasteiger partial charge in [0.15, 0.2) is 0 Å². The van der Waals surface area contributed by atoms with Crippen molar-refractivity contribution >= 4 is 27.2 Å². The van der Waals surface area contributed by atoms with Gasteiger partial charge in [0.1, 0.15) is 15.5 Å². The van der Waals surface area contributed by atoms with E-state index in [1.807, 2.05) is 13.0 Å². The fourth-order valence-corrected chi connectivity index (χ4v) is 3.90. The summed E-state index contributed by atoms with van der Waals surface area (Å²) >= 11 is 1.39. The van der Waals surface area contributed by atoms with Crippen LogP contribution >= 0.6 is 11.3 Å². The van der Waals surface area contributed by atoms with Crippen LogP contribution in [0.2, 0.25) is 0 Å². The Morgan fingerprint density at radius 1 is 1.19 bits per heavy atom. The molecule has 1 aromatic carbocycles. The Morgan fingerprint density at radius 3 is 2.65 bits per heavy atom. The van der Waals surface area contributed by atoms with Crippen LogP contribution in [0.25, 0.3) is 32.4 Å². The molecule has 132 valence electrons. The number of halogens is 1. The summed E-state index contributed by atoms with van der Waals surface area (Å²) in [5, 5.41) is 8.99. The Bertz CT molecular complexity index is 1090. The zero-order chi connectivity index (χ0) is 18.3. The Hall–Kier alpha value is -2.84. The number of hydrogen-bond donors (Lipinski definition) is 1. The second-order valence-corrected chi connectivity index (χ2v) is 6.80. The molecule has 2 N–H and O–H groups in total. The number of anilines is 1. The Kier molecular flexibility index (Phi) is 4.14. The minimum atomic E-state index is -0.325. The molecule has 0 amide bonds. The zero-order valence-electron chi connectivity index (χ0n) is 14.1. The van der Waals surface area contributed by atoms with Gasteiger partial charge in [-0.2, -0.15) is 0 Å². The van der Waals surface area contributed by atoms with Gasteiger partial charge in [-0.1, -0.05) is 0 Å². The van der Waals surface area contributed by atoms with Gasteiger partial charge in [0.05, 0.1) is 12.3 Å². The molecule has 3 heterocycles. The van der Waals surface area contributed by atoms with E-state index in [2.05, 4.69) is 15.2 Å². The number of nitrogen functional groups attached to an aromatic ring is 1. The number of nitrogens with two attached hydrogens (primary N) is 1. The van der Waals surface area contributed by atoms with E-state index in [0.717, 1.165) is 21.5 Å². The molecule has 0 aliphatic rings. The van der Waals surface area contributed by atoms with Gasteiger partial charge in [0.25, 0.3) is 5.89 Å². The summed E-state index contributed by atoms with van der Waals surface area (Å²) in [6.07, 6.45) is 0. The summed E-state index contributed by atoms with van der Waals surface area (Å²) in [5.41, 5.74) is 9.39. The number of nitrogens with zero attached hydrogens (tertiary/aromatic N) is 3. The minimum absolute atomic E-state index is 0.304. The third-order valence-electron chi connectivity index (χ3n) is 3.92. The van der Waals surface area contributed by atoms with E-state index in [1.165, 1.54) is 23.5 Å². The van der Waals surface area contributed by atoms with Crippen molar-refractivity contribution in [3.63, 3.8) is 0 Å². The van der Waals surface area contributed by atoms with E-state index in [1.54, 1.807) is 19.2 Å². The van der Waals surface area contributed by atoms with Crippen molar-refractivity contribution in [1.29, 1.82) is 0 Å². The van der Waals surface area contributed by atoms with Crippen molar-refractivity contribution in [2.75, 3.05) is 12.8 Å². The number of hydrogen-bond acceptors (Lipinski definition) is 7. The van der Waals surface area contributed by atoms with Gasteiger partial charge in [-0.3, -0.25) is 0 Å². The van der Waals surface area contributed by atoms with Gasteiger partial charge in [-0.25, -0.2) is 9.37 Å². The average molecular weight is 370 g/mol. The summed E-state index contributed by atoms with van der Waals surface area (Å²) in [6.45, 7) is 2.36. The van der Waals surface area contributed by atoms with Crippen LogP contribution in [0, 0.1) is 12.7 Å². The normalized spacial score (nSPS) is 11.3. The highest BCUT2D eigenvalue weighted by Crippen LogP contribution is 2.41. The lowest BCUT2D eigenvalue weighted by atomic mass is 10.1. The van der Waals surface area contributed by atoms with Crippen LogP contribution in [0.1, 0.15) is 11.3 Å². The molecule has 0 saturated heterocycles. The molecule has 26 heavy (non-hydrogen) atoms. The first-order valence-corrected chi connectivity index (χ1v) is 8.65. The maximum absolute atomic E-state index is 13.1. The zero-order valence-corrected chi connectivity index (χ0v) is 14.9. The largest absolute Gasteiger partial charge is 0.415 e. The lowest BCUT2D eigenvalue weighted by Gasteiger charge is -2.04. The first kappa shape index (κ1) is 16.6. The van der Waals surface area contributed by atoms with Crippen molar-refractivity contribution in [2.24, 2.45) is 0 Å². The second-order valence-electron chi connectivity index (χ2n) is 5.80. The summed E-state index contributed by atoms with van der Waals surface area (Å²) in [5.74, 6) is 0.290. The van der Waals surface area contributed by atoms with Gasteiger partial charge in [-0.15, -0.1) is 21.5 Å². The summed E-state index contributed by atoms with van der Waals surface area (Å²) in [6, 6.07) is 7.81. The second kappa shape index (κ2) is 6.47. The van der Waals surface area contributed by atoms with Crippen LogP contribution in [0.3, 0.4) is 0 Å². The molecule has 6 nitrogen and oxygen atoms in total. The van der Waals surface area contributed by atoms with Crippen LogP contribution in [-0.4, -0.2) is 22.3 Å². The number of thiophene rings is 1. The Morgan fingerprint density at radius 2 is 1.92 bits per heavy atom. The molecule has 3 aromatic heterocycles. The molecule has 0 bridgehead atoms. The van der Waals surface area contributed by atoms with Crippen molar-refractivity contribution in [3.05, 3.63) is 47.4 Å². The molecule has 4 aromatic rings. The molecule has 0 fully saturated rings. The Labute approximate surface area is 152 Å². The molecule has 0 atom stereocenters. The van der Waals surface area contributed by atoms with Gasteiger partial charge in [-0.05, 0) is 42.8 Å². The predicted octanol–water partition coefficient (Wildman–Crippen LogP) is 4.19. The number of fused-ring (bicyclic) bond motifs is 1.